The van der Waals surface area contributed by atoms with Gasteiger partial charge in [0.05, 0.1) is 12.8 Å². The molecular weight excluding hydrogens is 427 g/mol. The summed E-state index contributed by atoms with van der Waals surface area (Å²) in [4.78, 5) is 40.2. The number of carbonyl (C=O) groups is 3. The number of halogens is 1. The normalized spacial score (nSPS) is 17.0. The van der Waals surface area contributed by atoms with Crippen LogP contribution in [0.1, 0.15) is 24.0 Å². The van der Waals surface area contributed by atoms with Crippen molar-refractivity contribution in [3.05, 3.63) is 59.0 Å². The Balaban J connectivity index is 1.46. The van der Waals surface area contributed by atoms with Crippen molar-refractivity contribution in [2.45, 2.75) is 19.8 Å². The van der Waals surface area contributed by atoms with Crippen LogP contribution >= 0.6 is 0 Å². The number of aryl methyl sites for hydroxylation is 1. The molecule has 33 heavy (non-hydrogen) atoms. The van der Waals surface area contributed by atoms with Crippen molar-refractivity contribution in [1.82, 2.24) is 10.2 Å². The van der Waals surface area contributed by atoms with E-state index in [-0.39, 0.29) is 11.5 Å². The summed E-state index contributed by atoms with van der Waals surface area (Å²) < 4.78 is 19.8. The third kappa shape index (κ3) is 4.82. The van der Waals surface area contributed by atoms with Crippen LogP contribution in [0, 0.1) is 12.7 Å². The molecule has 2 fully saturated rings. The molecule has 0 bridgehead atoms. The molecule has 172 valence electrons. The van der Waals surface area contributed by atoms with Crippen molar-refractivity contribution >= 4 is 35.3 Å². The third-order valence-electron chi connectivity index (χ3n) is 5.72. The summed E-state index contributed by atoms with van der Waals surface area (Å²) in [7, 11) is 1.54. The minimum Gasteiger partial charge on any atom is -0.497 e. The first-order valence-electron chi connectivity index (χ1n) is 10.7. The number of anilines is 2. The van der Waals surface area contributed by atoms with Crippen LogP contribution in [0.3, 0.4) is 0 Å². The van der Waals surface area contributed by atoms with Gasteiger partial charge in [0, 0.05) is 18.8 Å². The van der Waals surface area contributed by atoms with Gasteiger partial charge in [0.25, 0.3) is 5.91 Å². The molecule has 4 amide bonds. The Bertz CT molecular complexity index is 1120. The molecule has 0 unspecified atom stereocenters. The Morgan fingerprint density at radius 2 is 1.88 bits per heavy atom. The number of imide groups is 1. The van der Waals surface area contributed by atoms with E-state index in [0.717, 1.165) is 36.4 Å². The van der Waals surface area contributed by atoms with Crippen molar-refractivity contribution in [3.8, 4) is 5.75 Å². The number of urea groups is 1. The summed E-state index contributed by atoms with van der Waals surface area (Å²) in [6.07, 6.45) is 3.51. The maximum Gasteiger partial charge on any atom is 0.329 e. The van der Waals surface area contributed by atoms with Gasteiger partial charge in [-0.15, -0.1) is 0 Å². The van der Waals surface area contributed by atoms with Crippen LogP contribution < -0.4 is 20.3 Å². The van der Waals surface area contributed by atoms with Crippen molar-refractivity contribution < 1.29 is 23.5 Å². The van der Waals surface area contributed by atoms with Crippen LogP contribution in [0.15, 0.2) is 42.1 Å². The first-order valence-corrected chi connectivity index (χ1v) is 10.7. The number of amides is 4. The number of carbonyl (C=O) groups excluding carboxylic acids is 3. The van der Waals surface area contributed by atoms with Crippen molar-refractivity contribution in [1.29, 1.82) is 0 Å². The first kappa shape index (κ1) is 22.3. The standard InChI is InChI=1S/C24H25FN4O4/c1-15-11-21(28-9-3-4-10-28)19(25)12-16(15)13-20-23(31)29(24(32)27-20)14-22(30)26-17-5-7-18(33-2)8-6-17/h5-8,11-13H,3-4,9-10,14H2,1-2H3,(H,26,30)(H,27,32). The van der Waals surface area contributed by atoms with Gasteiger partial charge in [-0.3, -0.25) is 9.59 Å². The maximum atomic E-state index is 14.7. The summed E-state index contributed by atoms with van der Waals surface area (Å²) in [5, 5.41) is 5.11. The van der Waals surface area contributed by atoms with Crippen molar-refractivity contribution in [2.24, 2.45) is 0 Å². The minimum atomic E-state index is -0.706. The number of ether oxygens (including phenoxy) is 1. The highest BCUT2D eigenvalue weighted by Crippen LogP contribution is 2.28. The molecule has 0 aromatic heterocycles. The Morgan fingerprint density at radius 1 is 1.18 bits per heavy atom. The number of hydrogen-bond donors (Lipinski definition) is 2. The lowest BCUT2D eigenvalue weighted by Gasteiger charge is -2.19. The van der Waals surface area contributed by atoms with E-state index in [0.29, 0.717) is 22.7 Å². The average Bonchev–Trinajstić information content (AvgIpc) is 3.41. The van der Waals surface area contributed by atoms with Crippen LogP contribution in [0.25, 0.3) is 6.08 Å². The fourth-order valence-electron chi connectivity index (χ4n) is 3.93. The van der Waals surface area contributed by atoms with E-state index in [9.17, 15) is 18.8 Å². The quantitative estimate of drug-likeness (QED) is 0.519. The predicted molar refractivity (Wildman–Crippen MR) is 122 cm³/mol. The molecule has 2 aliphatic heterocycles. The largest absolute Gasteiger partial charge is 0.497 e. The predicted octanol–water partition coefficient (Wildman–Crippen LogP) is 3.27. The van der Waals surface area contributed by atoms with Crippen molar-refractivity contribution in [2.75, 3.05) is 37.0 Å². The number of nitrogens with one attached hydrogen (secondary N) is 2. The molecule has 0 atom stereocenters. The van der Waals surface area contributed by atoms with Gasteiger partial charge in [0.2, 0.25) is 5.91 Å². The van der Waals surface area contributed by atoms with Gasteiger partial charge in [-0.1, -0.05) is 0 Å². The van der Waals surface area contributed by atoms with E-state index in [4.69, 9.17) is 4.74 Å². The summed E-state index contributed by atoms with van der Waals surface area (Å²) in [6, 6.07) is 9.08. The maximum absolute atomic E-state index is 14.7. The molecule has 0 radical (unpaired) electrons. The highest BCUT2D eigenvalue weighted by Gasteiger charge is 2.35. The fourth-order valence-corrected chi connectivity index (χ4v) is 3.93. The van der Waals surface area contributed by atoms with Gasteiger partial charge in [-0.05, 0) is 73.4 Å². The van der Waals surface area contributed by atoms with Gasteiger partial charge >= 0.3 is 6.03 Å². The van der Waals surface area contributed by atoms with Crippen LogP contribution in [0.5, 0.6) is 5.75 Å². The number of methoxy groups -OCH3 is 1. The minimum absolute atomic E-state index is 0.00586. The Labute approximate surface area is 191 Å². The molecule has 2 N–H and O–H groups in total. The van der Waals surface area contributed by atoms with Gasteiger partial charge in [0.15, 0.2) is 0 Å². The number of hydrogen-bond acceptors (Lipinski definition) is 5. The zero-order chi connectivity index (χ0) is 23.5. The van der Waals surface area contributed by atoms with Gasteiger partial charge < -0.3 is 20.3 Å². The molecule has 2 aromatic carbocycles. The topological polar surface area (TPSA) is 91.0 Å². The lowest BCUT2D eigenvalue weighted by atomic mass is 10.1. The van der Waals surface area contributed by atoms with E-state index in [1.807, 2.05) is 11.8 Å². The number of rotatable bonds is 6. The average molecular weight is 452 g/mol. The van der Waals surface area contributed by atoms with Gasteiger partial charge in [0.1, 0.15) is 23.8 Å². The second-order valence-electron chi connectivity index (χ2n) is 8.01. The monoisotopic (exact) mass is 452 g/mol. The number of nitrogens with zero attached hydrogens (tertiary/aromatic N) is 2. The Morgan fingerprint density at radius 3 is 2.55 bits per heavy atom. The van der Waals surface area contributed by atoms with Gasteiger partial charge in [-0.2, -0.15) is 0 Å². The zero-order valence-corrected chi connectivity index (χ0v) is 18.5. The lowest BCUT2D eigenvalue weighted by Crippen LogP contribution is -2.38. The molecule has 0 saturated carbocycles. The molecule has 0 spiro atoms. The molecule has 4 rings (SSSR count). The Kier molecular flexibility index (Phi) is 6.30. The van der Waals surface area contributed by atoms with E-state index in [1.54, 1.807) is 30.3 Å². The van der Waals surface area contributed by atoms with Crippen LogP contribution in [-0.2, 0) is 9.59 Å². The summed E-state index contributed by atoms with van der Waals surface area (Å²) >= 11 is 0. The molecule has 2 heterocycles. The summed E-state index contributed by atoms with van der Waals surface area (Å²) in [6.45, 7) is 3.01. The molecule has 2 aliphatic rings. The molecule has 8 nitrogen and oxygen atoms in total. The van der Waals surface area contributed by atoms with Crippen molar-refractivity contribution in [3.63, 3.8) is 0 Å². The molecule has 2 saturated heterocycles. The molecule has 0 aliphatic carbocycles. The lowest BCUT2D eigenvalue weighted by molar-refractivity contribution is -0.127. The highest BCUT2D eigenvalue weighted by atomic mass is 19.1. The highest BCUT2D eigenvalue weighted by molar-refractivity contribution is 6.16. The fraction of sp³-hybridized carbons (Fsp3) is 0.292. The van der Waals surface area contributed by atoms with E-state index < -0.39 is 24.4 Å². The van der Waals surface area contributed by atoms with E-state index in [1.165, 1.54) is 19.3 Å². The molecular formula is C24H25FN4O4. The van der Waals surface area contributed by atoms with Crippen LogP contribution in [0.2, 0.25) is 0 Å². The van der Waals surface area contributed by atoms with Crippen LogP contribution in [-0.4, -0.2) is 49.5 Å². The van der Waals surface area contributed by atoms with E-state index >= 15 is 0 Å². The smallest absolute Gasteiger partial charge is 0.329 e. The molecule has 9 heteroatoms. The Hall–Kier alpha value is -3.88. The van der Waals surface area contributed by atoms with Gasteiger partial charge in [-0.25, -0.2) is 14.1 Å². The SMILES string of the molecule is COc1ccc(NC(=O)CN2C(=O)NC(=Cc3cc(F)c(N4CCCC4)cc3C)C2=O)cc1. The zero-order valence-electron chi connectivity index (χ0n) is 18.5. The summed E-state index contributed by atoms with van der Waals surface area (Å²) in [5.41, 5.74) is 2.32. The van der Waals surface area contributed by atoms with Crippen LogP contribution in [0.4, 0.5) is 20.6 Å². The van der Waals surface area contributed by atoms with E-state index in [2.05, 4.69) is 10.6 Å². The third-order valence-corrected chi connectivity index (χ3v) is 5.72. The number of benzene rings is 2. The second-order valence-corrected chi connectivity index (χ2v) is 8.01. The molecule has 2 aromatic rings. The summed E-state index contributed by atoms with van der Waals surface area (Å²) in [5.74, 6) is -0.908. The first-order chi connectivity index (χ1) is 15.9. The second kappa shape index (κ2) is 9.32.